The third-order valence-corrected chi connectivity index (χ3v) is 5.45. The van der Waals surface area contributed by atoms with E-state index in [-0.39, 0.29) is 11.9 Å². The topological polar surface area (TPSA) is 109 Å². The number of nitrogens with zero attached hydrogens (tertiary/aromatic N) is 7. The van der Waals surface area contributed by atoms with E-state index in [0.717, 1.165) is 10.5 Å². The minimum Gasteiger partial charge on any atom is -0.349 e. The molecule has 1 saturated heterocycles. The minimum atomic E-state index is -0.608. The Balaban J connectivity index is 1.62. The van der Waals surface area contributed by atoms with Crippen LogP contribution in [0.4, 0.5) is 4.79 Å². The summed E-state index contributed by atoms with van der Waals surface area (Å²) in [5.41, 5.74) is 0.834. The Kier molecular flexibility index (Phi) is 4.59. The molecule has 0 aromatic carbocycles. The minimum absolute atomic E-state index is 0.309. The molecule has 2 aromatic rings. The molecule has 4 heterocycles. The van der Waals surface area contributed by atoms with Gasteiger partial charge in [0.2, 0.25) is 0 Å². The maximum Gasteiger partial charge on any atom is 0.328 e. The first kappa shape index (κ1) is 18.2. The quantitative estimate of drug-likeness (QED) is 0.759. The summed E-state index contributed by atoms with van der Waals surface area (Å²) in [7, 11) is 3.09. The van der Waals surface area contributed by atoms with Crippen molar-refractivity contribution in [2.75, 3.05) is 14.1 Å². The van der Waals surface area contributed by atoms with Gasteiger partial charge in [0.1, 0.15) is 6.04 Å². The van der Waals surface area contributed by atoms with Gasteiger partial charge in [0.25, 0.3) is 5.91 Å². The maximum absolute atomic E-state index is 12.4. The standard InChI is InChI=1S/C17H18N8O2S/c1-4-8-25-12(10-6-5-7-18-9-10)21-22-16(25)28-15-19-11-13(20-15)23(2)17(27)24(3)14(11)26/h4-7,9,11,13H,1,8H2,2-3H3,(H,19,20)/t11-,13+/m1/s1. The van der Waals surface area contributed by atoms with Gasteiger partial charge in [0.05, 0.1) is 0 Å². The Morgan fingerprint density at radius 3 is 2.86 bits per heavy atom. The highest BCUT2D eigenvalue weighted by molar-refractivity contribution is 8.13. The number of nitrogens with one attached hydrogen (secondary N) is 1. The van der Waals surface area contributed by atoms with Crippen LogP contribution in [0, 0.1) is 0 Å². The third-order valence-electron chi connectivity index (χ3n) is 4.54. The molecular formula is C17H18N8O2S. The molecule has 4 rings (SSSR count). The number of urea groups is 1. The summed E-state index contributed by atoms with van der Waals surface area (Å²) < 4.78 is 1.89. The number of aromatic nitrogens is 4. The number of amidine groups is 1. The number of carbonyl (C=O) groups is 2. The van der Waals surface area contributed by atoms with E-state index in [1.165, 1.54) is 23.7 Å². The number of thioether (sulfide) groups is 1. The predicted octanol–water partition coefficient (Wildman–Crippen LogP) is 0.796. The van der Waals surface area contributed by atoms with Gasteiger partial charge in [-0.15, -0.1) is 16.8 Å². The molecule has 0 unspecified atom stereocenters. The molecule has 0 bridgehead atoms. The molecule has 3 amide bonds. The lowest BCUT2D eigenvalue weighted by molar-refractivity contribution is -0.133. The van der Waals surface area contributed by atoms with Crippen LogP contribution < -0.4 is 5.32 Å². The normalized spacial score (nSPS) is 21.4. The van der Waals surface area contributed by atoms with Crippen LogP contribution in [0.25, 0.3) is 11.4 Å². The molecule has 0 spiro atoms. The van der Waals surface area contributed by atoms with Crippen LogP contribution in [0.1, 0.15) is 0 Å². The van der Waals surface area contributed by atoms with E-state index in [0.29, 0.717) is 22.7 Å². The van der Waals surface area contributed by atoms with Crippen molar-refractivity contribution in [3.8, 4) is 11.4 Å². The molecule has 11 heteroatoms. The summed E-state index contributed by atoms with van der Waals surface area (Å²) in [5.74, 6) is 0.352. The van der Waals surface area contributed by atoms with Gasteiger partial charge in [-0.3, -0.25) is 19.2 Å². The molecule has 10 nitrogen and oxygen atoms in total. The number of likely N-dealkylation sites (N-methyl/N-ethyl adjacent to an activating group) is 2. The van der Waals surface area contributed by atoms with Crippen LogP contribution in [0.5, 0.6) is 0 Å². The van der Waals surface area contributed by atoms with E-state index in [1.54, 1.807) is 25.5 Å². The van der Waals surface area contributed by atoms with Crippen LogP contribution in [-0.2, 0) is 11.3 Å². The summed E-state index contributed by atoms with van der Waals surface area (Å²) in [6.07, 6.45) is 4.58. The lowest BCUT2D eigenvalue weighted by atomic mass is 10.1. The van der Waals surface area contributed by atoms with Crippen LogP contribution in [0.3, 0.4) is 0 Å². The summed E-state index contributed by atoms with van der Waals surface area (Å²) in [6, 6.07) is 2.75. The van der Waals surface area contributed by atoms with Gasteiger partial charge in [0.15, 0.2) is 22.3 Å². The lowest BCUT2D eigenvalue weighted by Gasteiger charge is -2.36. The van der Waals surface area contributed by atoms with Crippen molar-refractivity contribution in [1.82, 2.24) is 34.9 Å². The molecule has 1 fully saturated rings. The number of rotatable bonds is 4. The molecule has 0 aliphatic carbocycles. The first-order valence-electron chi connectivity index (χ1n) is 8.52. The molecule has 2 aliphatic rings. The molecule has 144 valence electrons. The average molecular weight is 398 g/mol. The van der Waals surface area contributed by atoms with Crippen molar-refractivity contribution in [3.05, 3.63) is 37.2 Å². The van der Waals surface area contributed by atoms with E-state index in [9.17, 15) is 9.59 Å². The first-order valence-corrected chi connectivity index (χ1v) is 9.34. The van der Waals surface area contributed by atoms with Gasteiger partial charge >= 0.3 is 6.03 Å². The van der Waals surface area contributed by atoms with Gasteiger partial charge in [-0.25, -0.2) is 9.79 Å². The van der Waals surface area contributed by atoms with Crippen molar-refractivity contribution >= 4 is 28.9 Å². The van der Waals surface area contributed by atoms with Crippen LogP contribution in [0.15, 0.2) is 47.3 Å². The number of amides is 3. The number of pyridine rings is 1. The summed E-state index contributed by atoms with van der Waals surface area (Å²) in [6.45, 7) is 4.30. The summed E-state index contributed by atoms with van der Waals surface area (Å²) >= 11 is 1.26. The molecule has 1 N–H and O–H groups in total. The highest BCUT2D eigenvalue weighted by Crippen LogP contribution is 2.28. The fourth-order valence-electron chi connectivity index (χ4n) is 3.10. The molecular weight excluding hydrogens is 380 g/mol. The molecule has 2 atom stereocenters. The molecule has 0 saturated carbocycles. The summed E-state index contributed by atoms with van der Waals surface area (Å²) in [5, 5.41) is 12.7. The summed E-state index contributed by atoms with van der Waals surface area (Å²) in [4.78, 5) is 35.7. The van der Waals surface area contributed by atoms with Gasteiger partial charge in [0, 0.05) is 38.6 Å². The highest BCUT2D eigenvalue weighted by Gasteiger charge is 2.47. The zero-order valence-electron chi connectivity index (χ0n) is 15.3. The van der Waals surface area contributed by atoms with Crippen molar-refractivity contribution in [3.63, 3.8) is 0 Å². The molecule has 2 aromatic heterocycles. The third kappa shape index (κ3) is 2.93. The zero-order chi connectivity index (χ0) is 19.8. The number of hydrogen-bond donors (Lipinski definition) is 1. The SMILES string of the molecule is C=CCn1c(SC2=N[C@@H]3[C@@H](N2)C(=O)N(C)C(=O)N3C)nnc1-c1cccnc1. The van der Waals surface area contributed by atoms with Crippen LogP contribution in [-0.4, -0.2) is 73.0 Å². The number of imide groups is 1. The van der Waals surface area contributed by atoms with Crippen molar-refractivity contribution in [1.29, 1.82) is 0 Å². The monoisotopic (exact) mass is 398 g/mol. The largest absolute Gasteiger partial charge is 0.349 e. The van der Waals surface area contributed by atoms with Gasteiger partial charge < -0.3 is 10.2 Å². The Hall–Kier alpha value is -3.21. The highest BCUT2D eigenvalue weighted by atomic mass is 32.2. The van der Waals surface area contributed by atoms with Gasteiger partial charge in [-0.2, -0.15) is 0 Å². The van der Waals surface area contributed by atoms with Gasteiger partial charge in [-0.1, -0.05) is 6.08 Å². The fraction of sp³-hybridized carbons (Fsp3) is 0.294. The number of aliphatic imine (C=N–C) groups is 1. The van der Waals surface area contributed by atoms with E-state index in [2.05, 4.69) is 32.1 Å². The molecule has 28 heavy (non-hydrogen) atoms. The molecule has 2 aliphatic heterocycles. The maximum atomic E-state index is 12.4. The van der Waals surface area contributed by atoms with Gasteiger partial charge in [-0.05, 0) is 23.9 Å². The van der Waals surface area contributed by atoms with E-state index < -0.39 is 12.2 Å². The zero-order valence-corrected chi connectivity index (χ0v) is 16.1. The molecule has 0 radical (unpaired) electrons. The fourth-order valence-corrected chi connectivity index (χ4v) is 3.97. The number of allylic oxidation sites excluding steroid dienone is 1. The Morgan fingerprint density at radius 2 is 2.14 bits per heavy atom. The van der Waals surface area contributed by atoms with Crippen LogP contribution in [0.2, 0.25) is 0 Å². The van der Waals surface area contributed by atoms with Crippen molar-refractivity contribution < 1.29 is 9.59 Å². The van der Waals surface area contributed by atoms with Crippen LogP contribution >= 0.6 is 11.8 Å². The van der Waals surface area contributed by atoms with Crippen molar-refractivity contribution in [2.24, 2.45) is 4.99 Å². The Bertz CT molecular complexity index is 973. The van der Waals surface area contributed by atoms with E-state index in [1.807, 2.05) is 16.7 Å². The smallest absolute Gasteiger partial charge is 0.328 e. The Labute approximate surface area is 165 Å². The Morgan fingerprint density at radius 1 is 1.32 bits per heavy atom. The second-order valence-electron chi connectivity index (χ2n) is 6.31. The first-order chi connectivity index (χ1) is 13.5. The second kappa shape index (κ2) is 7.08. The van der Waals surface area contributed by atoms with Crippen molar-refractivity contribution in [2.45, 2.75) is 23.9 Å². The van der Waals surface area contributed by atoms with E-state index >= 15 is 0 Å². The number of hydrogen-bond acceptors (Lipinski definition) is 8. The number of carbonyl (C=O) groups excluding carboxylic acids is 2. The predicted molar refractivity (Wildman–Crippen MR) is 103 cm³/mol. The second-order valence-corrected chi connectivity index (χ2v) is 7.27. The number of fused-ring (bicyclic) bond motifs is 1. The van der Waals surface area contributed by atoms with E-state index in [4.69, 9.17) is 0 Å². The lowest BCUT2D eigenvalue weighted by Crippen LogP contribution is -2.63. The average Bonchev–Trinajstić information content (AvgIpc) is 3.31.